The maximum Gasteiger partial charge on any atom is 0.254 e. The lowest BCUT2D eigenvalue weighted by atomic mass is 10.0. The summed E-state index contributed by atoms with van der Waals surface area (Å²) in [6.07, 6.45) is 0. The number of carbonyl (C=O) groups is 1. The maximum absolute atomic E-state index is 13.5. The average molecular weight is 414 g/mol. The van der Waals surface area contributed by atoms with E-state index in [0.717, 1.165) is 33.6 Å². The summed E-state index contributed by atoms with van der Waals surface area (Å²) in [5.41, 5.74) is 6.09. The normalized spacial score (nSPS) is 11.0. The highest BCUT2D eigenvalue weighted by atomic mass is 16.2. The van der Waals surface area contributed by atoms with E-state index in [1.165, 1.54) is 0 Å². The SMILES string of the molecule is Cc1nn(C)c2nc(-c3ccccc3)cc(C(=O)N(C)Cc3ccc(N(C)C)cc3)c12. The topological polar surface area (TPSA) is 54.3 Å². The summed E-state index contributed by atoms with van der Waals surface area (Å²) in [7, 11) is 7.73. The first kappa shape index (κ1) is 20.6. The van der Waals surface area contributed by atoms with E-state index in [1.807, 2.05) is 71.5 Å². The van der Waals surface area contributed by atoms with E-state index in [2.05, 4.69) is 34.3 Å². The van der Waals surface area contributed by atoms with Crippen molar-refractivity contribution >= 4 is 22.6 Å². The van der Waals surface area contributed by atoms with E-state index < -0.39 is 0 Å². The van der Waals surface area contributed by atoms with Crippen LogP contribution >= 0.6 is 0 Å². The lowest BCUT2D eigenvalue weighted by Gasteiger charge is -2.19. The molecule has 6 heteroatoms. The van der Waals surface area contributed by atoms with Gasteiger partial charge >= 0.3 is 0 Å². The molecule has 0 N–H and O–H groups in total. The molecule has 2 heterocycles. The van der Waals surface area contributed by atoms with Crippen molar-refractivity contribution in [1.29, 1.82) is 0 Å². The Morgan fingerprint density at radius 1 is 1.00 bits per heavy atom. The molecule has 0 saturated heterocycles. The van der Waals surface area contributed by atoms with Crippen molar-refractivity contribution in [2.75, 3.05) is 26.0 Å². The highest BCUT2D eigenvalue weighted by molar-refractivity contribution is 6.07. The van der Waals surface area contributed by atoms with E-state index >= 15 is 0 Å². The summed E-state index contributed by atoms with van der Waals surface area (Å²) in [5.74, 6) is -0.0441. The van der Waals surface area contributed by atoms with Crippen LogP contribution in [0.4, 0.5) is 5.69 Å². The van der Waals surface area contributed by atoms with E-state index in [1.54, 1.807) is 9.58 Å². The summed E-state index contributed by atoms with van der Waals surface area (Å²) in [6.45, 7) is 2.44. The van der Waals surface area contributed by atoms with Crippen molar-refractivity contribution < 1.29 is 4.79 Å². The molecule has 0 saturated carbocycles. The highest BCUT2D eigenvalue weighted by Crippen LogP contribution is 2.28. The number of pyridine rings is 1. The quantitative estimate of drug-likeness (QED) is 0.490. The van der Waals surface area contributed by atoms with Gasteiger partial charge in [-0.2, -0.15) is 5.10 Å². The molecule has 0 unspecified atom stereocenters. The maximum atomic E-state index is 13.5. The summed E-state index contributed by atoms with van der Waals surface area (Å²) in [5, 5.41) is 5.32. The lowest BCUT2D eigenvalue weighted by Crippen LogP contribution is -2.26. The number of amides is 1. The van der Waals surface area contributed by atoms with Crippen LogP contribution in [0.5, 0.6) is 0 Å². The number of benzene rings is 2. The van der Waals surface area contributed by atoms with Crippen molar-refractivity contribution in [3.05, 3.63) is 77.5 Å². The van der Waals surface area contributed by atoms with Crippen LogP contribution in [0.25, 0.3) is 22.3 Å². The zero-order valence-corrected chi connectivity index (χ0v) is 18.6. The minimum Gasteiger partial charge on any atom is -0.378 e. The number of hydrogen-bond donors (Lipinski definition) is 0. The van der Waals surface area contributed by atoms with Crippen molar-refractivity contribution in [3.63, 3.8) is 0 Å². The van der Waals surface area contributed by atoms with E-state index in [4.69, 9.17) is 4.98 Å². The molecular weight excluding hydrogens is 386 g/mol. The summed E-state index contributed by atoms with van der Waals surface area (Å²) in [4.78, 5) is 22.1. The Morgan fingerprint density at radius 3 is 2.32 bits per heavy atom. The smallest absolute Gasteiger partial charge is 0.254 e. The van der Waals surface area contributed by atoms with Gasteiger partial charge in [-0.1, -0.05) is 42.5 Å². The summed E-state index contributed by atoms with van der Waals surface area (Å²) in [6, 6.07) is 20.1. The van der Waals surface area contributed by atoms with Crippen LogP contribution in [0.1, 0.15) is 21.6 Å². The third kappa shape index (κ3) is 4.01. The number of carbonyl (C=O) groups excluding carboxylic acids is 1. The van der Waals surface area contributed by atoms with Gasteiger partial charge in [0.1, 0.15) is 0 Å². The third-order valence-electron chi connectivity index (χ3n) is 5.49. The largest absolute Gasteiger partial charge is 0.378 e. The molecule has 0 atom stereocenters. The van der Waals surface area contributed by atoms with Gasteiger partial charge in [-0.15, -0.1) is 0 Å². The van der Waals surface area contributed by atoms with Crippen molar-refractivity contribution in [2.24, 2.45) is 7.05 Å². The van der Waals surface area contributed by atoms with Gasteiger partial charge in [0.25, 0.3) is 5.91 Å². The number of aromatic nitrogens is 3. The first-order chi connectivity index (χ1) is 14.8. The Hall–Kier alpha value is -3.67. The Kier molecular flexibility index (Phi) is 5.46. The number of rotatable bonds is 5. The van der Waals surface area contributed by atoms with Crippen LogP contribution in [0.3, 0.4) is 0 Å². The van der Waals surface area contributed by atoms with Crippen LogP contribution in [0.15, 0.2) is 60.7 Å². The molecule has 4 rings (SSSR count). The van der Waals surface area contributed by atoms with E-state index in [9.17, 15) is 4.79 Å². The van der Waals surface area contributed by atoms with Gasteiger partial charge in [0.2, 0.25) is 0 Å². The molecule has 6 nitrogen and oxygen atoms in total. The second kappa shape index (κ2) is 8.22. The highest BCUT2D eigenvalue weighted by Gasteiger charge is 2.22. The Bertz CT molecular complexity index is 1230. The second-order valence-corrected chi connectivity index (χ2v) is 8.05. The van der Waals surface area contributed by atoms with Gasteiger partial charge in [0, 0.05) is 46.0 Å². The zero-order chi connectivity index (χ0) is 22.1. The monoisotopic (exact) mass is 413 g/mol. The molecular formula is C25H27N5O. The number of fused-ring (bicyclic) bond motifs is 1. The Balaban J connectivity index is 1.72. The lowest BCUT2D eigenvalue weighted by molar-refractivity contribution is 0.0787. The summed E-state index contributed by atoms with van der Waals surface area (Å²) < 4.78 is 1.74. The van der Waals surface area contributed by atoms with Crippen molar-refractivity contribution in [2.45, 2.75) is 13.5 Å². The van der Waals surface area contributed by atoms with Crippen molar-refractivity contribution in [1.82, 2.24) is 19.7 Å². The number of anilines is 1. The number of hydrogen-bond acceptors (Lipinski definition) is 4. The van der Waals surface area contributed by atoms with Crippen LogP contribution in [-0.4, -0.2) is 46.7 Å². The first-order valence-corrected chi connectivity index (χ1v) is 10.3. The van der Waals surface area contributed by atoms with Crippen LogP contribution in [0.2, 0.25) is 0 Å². The van der Waals surface area contributed by atoms with Gasteiger partial charge in [0.15, 0.2) is 5.65 Å². The molecule has 0 fully saturated rings. The molecule has 0 bridgehead atoms. The molecule has 0 aliphatic heterocycles. The predicted molar refractivity (Wildman–Crippen MR) is 125 cm³/mol. The molecule has 1 amide bonds. The first-order valence-electron chi connectivity index (χ1n) is 10.3. The molecule has 0 spiro atoms. The van der Waals surface area contributed by atoms with Crippen molar-refractivity contribution in [3.8, 4) is 11.3 Å². The van der Waals surface area contributed by atoms with E-state index in [0.29, 0.717) is 17.8 Å². The molecule has 4 aromatic rings. The van der Waals surface area contributed by atoms with Crippen LogP contribution < -0.4 is 4.90 Å². The Morgan fingerprint density at radius 2 is 1.68 bits per heavy atom. The molecule has 0 radical (unpaired) electrons. The third-order valence-corrected chi connectivity index (χ3v) is 5.49. The molecule has 2 aromatic heterocycles. The minimum atomic E-state index is -0.0441. The Labute approximate surface area is 182 Å². The van der Waals surface area contributed by atoms with Gasteiger partial charge in [-0.05, 0) is 30.7 Å². The fourth-order valence-electron chi connectivity index (χ4n) is 3.82. The van der Waals surface area contributed by atoms with Crippen LogP contribution in [-0.2, 0) is 13.6 Å². The fourth-order valence-corrected chi connectivity index (χ4v) is 3.82. The van der Waals surface area contributed by atoms with Gasteiger partial charge in [-0.3, -0.25) is 9.48 Å². The molecule has 0 aliphatic carbocycles. The minimum absolute atomic E-state index is 0.0441. The second-order valence-electron chi connectivity index (χ2n) is 8.05. The van der Waals surface area contributed by atoms with E-state index in [-0.39, 0.29) is 5.91 Å². The van der Waals surface area contributed by atoms with Gasteiger partial charge < -0.3 is 9.80 Å². The average Bonchev–Trinajstić information content (AvgIpc) is 3.07. The zero-order valence-electron chi connectivity index (χ0n) is 18.6. The molecule has 31 heavy (non-hydrogen) atoms. The molecule has 0 aliphatic rings. The van der Waals surface area contributed by atoms with Crippen LogP contribution in [0, 0.1) is 6.92 Å². The standard InChI is InChI=1S/C25H27N5O/c1-17-23-21(25(31)29(4)16-18-11-13-20(14-12-18)28(2)3)15-22(19-9-7-6-8-10-19)26-24(23)30(5)27-17/h6-15H,16H2,1-5H3. The predicted octanol–water partition coefficient (Wildman–Crippen LogP) is 4.28. The fraction of sp³-hybridized carbons (Fsp3) is 0.240. The van der Waals surface area contributed by atoms with Gasteiger partial charge in [-0.25, -0.2) is 4.98 Å². The molecule has 158 valence electrons. The number of nitrogens with zero attached hydrogens (tertiary/aromatic N) is 5. The van der Waals surface area contributed by atoms with Gasteiger partial charge in [0.05, 0.1) is 22.3 Å². The molecule has 2 aromatic carbocycles. The number of aryl methyl sites for hydroxylation is 2. The summed E-state index contributed by atoms with van der Waals surface area (Å²) >= 11 is 0.